The molecule has 0 spiro atoms. The van der Waals surface area contributed by atoms with Crippen molar-refractivity contribution < 1.29 is 23.8 Å². The minimum Gasteiger partial charge on any atom is -0.486 e. The molecule has 0 saturated carbocycles. The van der Waals surface area contributed by atoms with Crippen molar-refractivity contribution >= 4 is 17.0 Å². The van der Waals surface area contributed by atoms with Crippen LogP contribution in [0.2, 0.25) is 0 Å². The van der Waals surface area contributed by atoms with Gasteiger partial charge in [-0.2, -0.15) is 0 Å². The number of aliphatic hydroxyl groups is 1. The summed E-state index contributed by atoms with van der Waals surface area (Å²) in [5.74, 6) is 0.201. The molecule has 27 heavy (non-hydrogen) atoms. The van der Waals surface area contributed by atoms with E-state index in [1.54, 1.807) is 42.5 Å². The van der Waals surface area contributed by atoms with Crippen LogP contribution < -0.4 is 20.5 Å². The van der Waals surface area contributed by atoms with E-state index in [0.717, 1.165) is 0 Å². The first-order valence-electron chi connectivity index (χ1n) is 8.54. The third-order valence-electron chi connectivity index (χ3n) is 4.32. The summed E-state index contributed by atoms with van der Waals surface area (Å²) in [6.45, 7) is 0.760. The number of hydrogen-bond donors (Lipinski definition) is 2. The van der Waals surface area contributed by atoms with Crippen molar-refractivity contribution in [2.45, 2.75) is 12.6 Å². The van der Waals surface area contributed by atoms with Gasteiger partial charge in [0.15, 0.2) is 17.1 Å². The van der Waals surface area contributed by atoms with Crippen LogP contribution in [0.4, 0.5) is 0 Å². The van der Waals surface area contributed by atoms with Crippen molar-refractivity contribution in [1.29, 1.82) is 0 Å². The zero-order chi connectivity index (χ0) is 18.8. The summed E-state index contributed by atoms with van der Waals surface area (Å²) in [7, 11) is 0. The van der Waals surface area contributed by atoms with E-state index >= 15 is 0 Å². The Balaban J connectivity index is 1.40. The summed E-state index contributed by atoms with van der Waals surface area (Å²) < 4.78 is 17.3. The highest BCUT2D eigenvalue weighted by molar-refractivity contribution is 5.79. The van der Waals surface area contributed by atoms with E-state index in [0.29, 0.717) is 41.4 Å². The van der Waals surface area contributed by atoms with Crippen molar-refractivity contribution in [1.82, 2.24) is 9.88 Å². The number of aromatic nitrogens is 1. The number of amides is 1. The topological polar surface area (TPSA) is 103 Å². The molecule has 1 unspecified atom stereocenters. The minimum atomic E-state index is -0.914. The van der Waals surface area contributed by atoms with Crippen molar-refractivity contribution in [3.8, 4) is 11.5 Å². The maximum Gasteiger partial charge on any atom is 0.420 e. The minimum absolute atomic E-state index is 0.00299. The van der Waals surface area contributed by atoms with Gasteiger partial charge in [0, 0.05) is 6.54 Å². The van der Waals surface area contributed by atoms with Gasteiger partial charge in [-0.25, -0.2) is 4.79 Å². The monoisotopic (exact) mass is 370 g/mol. The molecule has 0 saturated heterocycles. The number of fused-ring (bicyclic) bond motifs is 2. The van der Waals surface area contributed by atoms with Crippen molar-refractivity contribution in [2.24, 2.45) is 0 Å². The Morgan fingerprint density at radius 3 is 2.78 bits per heavy atom. The summed E-state index contributed by atoms with van der Waals surface area (Å²) in [5, 5.41) is 13.0. The number of aliphatic hydroxyl groups excluding tert-OH is 1. The molecule has 1 aromatic heterocycles. The summed E-state index contributed by atoms with van der Waals surface area (Å²) in [5.41, 5.74) is 1.57. The third-order valence-corrected chi connectivity index (χ3v) is 4.32. The van der Waals surface area contributed by atoms with Gasteiger partial charge in [0.2, 0.25) is 5.91 Å². The Morgan fingerprint density at radius 2 is 1.93 bits per heavy atom. The molecule has 140 valence electrons. The molecular formula is C19H18N2O6. The van der Waals surface area contributed by atoms with Crippen LogP contribution in [-0.4, -0.2) is 35.3 Å². The highest BCUT2D eigenvalue weighted by atomic mass is 16.6. The molecule has 4 rings (SSSR count). The maximum absolute atomic E-state index is 12.2. The van der Waals surface area contributed by atoms with Crippen LogP contribution in [0.3, 0.4) is 0 Å². The molecule has 1 atom stereocenters. The summed E-state index contributed by atoms with van der Waals surface area (Å²) in [6.07, 6.45) is -0.914. The Bertz CT molecular complexity index is 1040. The summed E-state index contributed by atoms with van der Waals surface area (Å²) in [4.78, 5) is 24.1. The SMILES string of the molecule is O=C(Cn1c(=O)oc2ccccc21)NCC(O)c1ccc2c(c1)OCCO2. The number of hydrogen-bond acceptors (Lipinski definition) is 6. The molecule has 8 heteroatoms. The zero-order valence-corrected chi connectivity index (χ0v) is 14.4. The number of nitrogens with zero attached hydrogens (tertiary/aromatic N) is 1. The lowest BCUT2D eigenvalue weighted by molar-refractivity contribution is -0.122. The molecule has 0 fully saturated rings. The number of ether oxygens (including phenoxy) is 2. The Labute approximate surface area is 153 Å². The lowest BCUT2D eigenvalue weighted by Crippen LogP contribution is -2.33. The molecular weight excluding hydrogens is 352 g/mol. The zero-order valence-electron chi connectivity index (χ0n) is 14.4. The van der Waals surface area contributed by atoms with Gasteiger partial charge in [-0.1, -0.05) is 18.2 Å². The number of oxazole rings is 1. The summed E-state index contributed by atoms with van der Waals surface area (Å²) >= 11 is 0. The average molecular weight is 370 g/mol. The highest BCUT2D eigenvalue weighted by Gasteiger charge is 2.17. The number of rotatable bonds is 5. The molecule has 8 nitrogen and oxygen atoms in total. The predicted molar refractivity (Wildman–Crippen MR) is 95.9 cm³/mol. The van der Waals surface area contributed by atoms with Crippen LogP contribution in [0.5, 0.6) is 11.5 Å². The van der Waals surface area contributed by atoms with E-state index in [9.17, 15) is 14.7 Å². The second-order valence-electron chi connectivity index (χ2n) is 6.14. The van der Waals surface area contributed by atoms with E-state index in [1.165, 1.54) is 4.57 Å². The molecule has 0 bridgehead atoms. The molecule has 3 aromatic rings. The van der Waals surface area contributed by atoms with Gasteiger partial charge in [0.05, 0.1) is 11.6 Å². The predicted octanol–water partition coefficient (Wildman–Crippen LogP) is 1.22. The second kappa shape index (κ2) is 7.16. The molecule has 1 amide bonds. The fourth-order valence-corrected chi connectivity index (χ4v) is 2.96. The van der Waals surface area contributed by atoms with E-state index in [2.05, 4.69) is 5.32 Å². The fraction of sp³-hybridized carbons (Fsp3) is 0.263. The smallest absolute Gasteiger partial charge is 0.420 e. The number of benzene rings is 2. The Hall–Kier alpha value is -3.26. The largest absolute Gasteiger partial charge is 0.486 e. The first-order chi connectivity index (χ1) is 13.1. The van der Waals surface area contributed by atoms with Crippen LogP contribution >= 0.6 is 0 Å². The van der Waals surface area contributed by atoms with Crippen LogP contribution in [0.25, 0.3) is 11.1 Å². The van der Waals surface area contributed by atoms with Gasteiger partial charge in [-0.05, 0) is 29.8 Å². The van der Waals surface area contributed by atoms with Crippen LogP contribution in [0.15, 0.2) is 51.7 Å². The summed E-state index contributed by atoms with van der Waals surface area (Å²) in [6, 6.07) is 12.0. The standard InChI is InChI=1S/C19H18N2O6/c22-14(12-5-6-16-17(9-12)26-8-7-25-16)10-20-18(23)11-21-13-3-1-2-4-15(13)27-19(21)24/h1-6,9,14,22H,7-8,10-11H2,(H,20,23). The average Bonchev–Trinajstić information content (AvgIpc) is 3.01. The van der Waals surface area contributed by atoms with E-state index < -0.39 is 17.8 Å². The third kappa shape index (κ3) is 3.52. The van der Waals surface area contributed by atoms with Crippen molar-refractivity contribution in [3.05, 3.63) is 58.6 Å². The van der Waals surface area contributed by atoms with Gasteiger partial charge in [0.1, 0.15) is 19.8 Å². The molecule has 0 radical (unpaired) electrons. The number of para-hydroxylation sites is 2. The quantitative estimate of drug-likeness (QED) is 0.700. The van der Waals surface area contributed by atoms with Gasteiger partial charge in [-0.3, -0.25) is 9.36 Å². The normalized spacial score (nSPS) is 14.1. The maximum atomic E-state index is 12.2. The molecule has 1 aliphatic rings. The van der Waals surface area contributed by atoms with E-state index in [1.807, 2.05) is 0 Å². The lowest BCUT2D eigenvalue weighted by atomic mass is 10.1. The molecule has 2 aromatic carbocycles. The molecule has 2 heterocycles. The van der Waals surface area contributed by atoms with Gasteiger partial charge in [-0.15, -0.1) is 0 Å². The van der Waals surface area contributed by atoms with Crippen molar-refractivity contribution in [3.63, 3.8) is 0 Å². The van der Waals surface area contributed by atoms with Gasteiger partial charge < -0.3 is 24.3 Å². The second-order valence-corrected chi connectivity index (χ2v) is 6.14. The van der Waals surface area contributed by atoms with Crippen molar-refractivity contribution in [2.75, 3.05) is 19.8 Å². The van der Waals surface area contributed by atoms with Crippen LogP contribution in [0.1, 0.15) is 11.7 Å². The van der Waals surface area contributed by atoms with Gasteiger partial charge >= 0.3 is 5.76 Å². The fourth-order valence-electron chi connectivity index (χ4n) is 2.96. The molecule has 1 aliphatic heterocycles. The first-order valence-corrected chi connectivity index (χ1v) is 8.54. The number of nitrogens with one attached hydrogen (secondary N) is 1. The first kappa shape index (κ1) is 17.2. The number of carbonyl (C=O) groups excluding carboxylic acids is 1. The lowest BCUT2D eigenvalue weighted by Gasteiger charge is -2.20. The van der Waals surface area contributed by atoms with Crippen LogP contribution in [0, 0.1) is 0 Å². The van der Waals surface area contributed by atoms with Crippen LogP contribution in [-0.2, 0) is 11.3 Å². The van der Waals surface area contributed by atoms with E-state index in [4.69, 9.17) is 13.9 Å². The van der Waals surface area contributed by atoms with E-state index in [-0.39, 0.29) is 13.1 Å². The molecule has 0 aliphatic carbocycles. The molecule has 2 N–H and O–H groups in total. The number of carbonyl (C=O) groups is 1. The Kier molecular flexibility index (Phi) is 4.55. The highest BCUT2D eigenvalue weighted by Crippen LogP contribution is 2.32. The van der Waals surface area contributed by atoms with Gasteiger partial charge in [0.25, 0.3) is 0 Å². The Morgan fingerprint density at radius 1 is 1.15 bits per heavy atom.